The number of nitrogens with one attached hydrogen (secondary N) is 2. The fraction of sp³-hybridized carbons (Fsp3) is 0.200. The van der Waals surface area contributed by atoms with Gasteiger partial charge >= 0.3 is 0 Å². The lowest BCUT2D eigenvalue weighted by Crippen LogP contribution is -2.30. The molecule has 0 aliphatic carbocycles. The number of aromatic amines is 1. The Hall–Kier alpha value is -2.79. The normalized spacial score (nSPS) is 19.9. The second kappa shape index (κ2) is 6.50. The lowest BCUT2D eigenvalue weighted by atomic mass is 9.93. The smallest absolute Gasteiger partial charge is 0.230 e. The highest BCUT2D eigenvalue weighted by molar-refractivity contribution is 6.30. The zero-order chi connectivity index (χ0) is 18.3. The van der Waals surface area contributed by atoms with Gasteiger partial charge in [0, 0.05) is 41.3 Å². The van der Waals surface area contributed by atoms with Crippen molar-refractivity contribution in [2.24, 2.45) is 5.92 Å². The summed E-state index contributed by atoms with van der Waals surface area (Å²) < 4.78 is 0. The molecule has 1 saturated heterocycles. The van der Waals surface area contributed by atoms with Gasteiger partial charge in [-0.15, -0.1) is 0 Å². The summed E-state index contributed by atoms with van der Waals surface area (Å²) in [4.78, 5) is 29.9. The maximum Gasteiger partial charge on any atom is 0.230 e. The maximum absolute atomic E-state index is 12.9. The maximum atomic E-state index is 12.9. The second-order valence-electron chi connectivity index (χ2n) is 6.58. The van der Waals surface area contributed by atoms with Crippen molar-refractivity contribution in [2.45, 2.75) is 12.5 Å². The van der Waals surface area contributed by atoms with Crippen LogP contribution in [-0.2, 0) is 9.59 Å². The third kappa shape index (κ3) is 2.95. The van der Waals surface area contributed by atoms with Crippen LogP contribution >= 0.6 is 11.6 Å². The monoisotopic (exact) mass is 367 g/mol. The second-order valence-corrected chi connectivity index (χ2v) is 7.02. The van der Waals surface area contributed by atoms with E-state index in [1.54, 1.807) is 24.1 Å². The van der Waals surface area contributed by atoms with Gasteiger partial charge in [0.1, 0.15) is 0 Å². The van der Waals surface area contributed by atoms with E-state index in [0.717, 1.165) is 22.2 Å². The third-order valence-corrected chi connectivity index (χ3v) is 5.21. The van der Waals surface area contributed by atoms with E-state index in [1.807, 2.05) is 42.6 Å². The SMILES string of the molecule is CN1C(=O)C[C@@H](C(=O)Nc2ccc3[nH]ccc3c2)[C@@H]1c1ccc(Cl)cc1. The first-order valence-corrected chi connectivity index (χ1v) is 8.80. The molecular weight excluding hydrogens is 350 g/mol. The highest BCUT2D eigenvalue weighted by Gasteiger charge is 2.42. The number of halogens is 1. The summed E-state index contributed by atoms with van der Waals surface area (Å²) in [5.74, 6) is -0.640. The predicted molar refractivity (Wildman–Crippen MR) is 102 cm³/mol. The molecule has 6 heteroatoms. The lowest BCUT2D eigenvalue weighted by Gasteiger charge is -2.25. The van der Waals surface area contributed by atoms with Crippen LogP contribution in [0.4, 0.5) is 5.69 Å². The van der Waals surface area contributed by atoms with E-state index in [9.17, 15) is 9.59 Å². The van der Waals surface area contributed by atoms with Gasteiger partial charge < -0.3 is 15.2 Å². The molecule has 0 spiro atoms. The molecule has 0 radical (unpaired) electrons. The van der Waals surface area contributed by atoms with Gasteiger partial charge in [-0.2, -0.15) is 0 Å². The van der Waals surface area contributed by atoms with E-state index < -0.39 is 5.92 Å². The van der Waals surface area contributed by atoms with E-state index in [4.69, 9.17) is 11.6 Å². The van der Waals surface area contributed by atoms with Crippen LogP contribution in [0.3, 0.4) is 0 Å². The van der Waals surface area contributed by atoms with E-state index in [-0.39, 0.29) is 24.3 Å². The molecule has 2 amide bonds. The zero-order valence-corrected chi connectivity index (χ0v) is 15.0. The number of carbonyl (C=O) groups is 2. The molecule has 1 aliphatic rings. The summed E-state index contributed by atoms with van der Waals surface area (Å²) >= 11 is 5.97. The van der Waals surface area contributed by atoms with E-state index in [2.05, 4.69) is 10.3 Å². The first-order valence-electron chi connectivity index (χ1n) is 8.42. The van der Waals surface area contributed by atoms with E-state index in [1.165, 1.54) is 0 Å². The minimum atomic E-state index is -0.449. The van der Waals surface area contributed by atoms with Crippen molar-refractivity contribution in [2.75, 3.05) is 12.4 Å². The van der Waals surface area contributed by atoms with Crippen LogP contribution in [0.25, 0.3) is 10.9 Å². The van der Waals surface area contributed by atoms with Crippen LogP contribution in [0.1, 0.15) is 18.0 Å². The zero-order valence-electron chi connectivity index (χ0n) is 14.2. The number of hydrogen-bond acceptors (Lipinski definition) is 2. The van der Waals surface area contributed by atoms with Crippen LogP contribution in [0.2, 0.25) is 5.02 Å². The van der Waals surface area contributed by atoms with Crippen molar-refractivity contribution in [1.29, 1.82) is 0 Å². The summed E-state index contributed by atoms with van der Waals surface area (Å²) in [6, 6.07) is 14.7. The van der Waals surface area contributed by atoms with Crippen LogP contribution in [0.15, 0.2) is 54.7 Å². The summed E-state index contributed by atoms with van der Waals surface area (Å²) in [6.07, 6.45) is 2.06. The number of hydrogen-bond donors (Lipinski definition) is 2. The number of amides is 2. The number of fused-ring (bicyclic) bond motifs is 1. The average molecular weight is 368 g/mol. The molecular formula is C20H18ClN3O2. The summed E-state index contributed by atoms with van der Waals surface area (Å²) in [5.41, 5.74) is 2.64. The van der Waals surface area contributed by atoms with Crippen molar-refractivity contribution < 1.29 is 9.59 Å². The number of rotatable bonds is 3. The van der Waals surface area contributed by atoms with Crippen molar-refractivity contribution in [3.8, 4) is 0 Å². The fourth-order valence-electron chi connectivity index (χ4n) is 3.59. The van der Waals surface area contributed by atoms with Crippen molar-refractivity contribution in [3.63, 3.8) is 0 Å². The molecule has 2 atom stereocenters. The average Bonchev–Trinajstić information content (AvgIpc) is 3.20. The number of nitrogens with zero attached hydrogens (tertiary/aromatic N) is 1. The highest BCUT2D eigenvalue weighted by Crippen LogP contribution is 2.38. The Morgan fingerprint density at radius 1 is 1.19 bits per heavy atom. The van der Waals surface area contributed by atoms with Gasteiger partial charge in [0.05, 0.1) is 12.0 Å². The summed E-state index contributed by atoms with van der Waals surface area (Å²) in [7, 11) is 1.74. The Morgan fingerprint density at radius 2 is 1.96 bits per heavy atom. The van der Waals surface area contributed by atoms with Gasteiger partial charge in [0.15, 0.2) is 0 Å². The fourth-order valence-corrected chi connectivity index (χ4v) is 3.71. The van der Waals surface area contributed by atoms with Gasteiger partial charge in [0.2, 0.25) is 11.8 Å². The molecule has 2 aromatic carbocycles. The summed E-state index contributed by atoms with van der Waals surface area (Å²) in [5, 5.41) is 4.61. The molecule has 5 nitrogen and oxygen atoms in total. The Labute approximate surface area is 155 Å². The van der Waals surface area contributed by atoms with Crippen molar-refractivity contribution in [1.82, 2.24) is 9.88 Å². The molecule has 0 bridgehead atoms. The molecule has 0 unspecified atom stereocenters. The van der Waals surface area contributed by atoms with Crippen molar-refractivity contribution >= 4 is 40.0 Å². The molecule has 2 N–H and O–H groups in total. The summed E-state index contributed by atoms with van der Waals surface area (Å²) in [6.45, 7) is 0. The van der Waals surface area contributed by atoms with Crippen LogP contribution in [0.5, 0.6) is 0 Å². The minimum Gasteiger partial charge on any atom is -0.361 e. The molecule has 26 heavy (non-hydrogen) atoms. The van der Waals surface area contributed by atoms with Crippen LogP contribution in [-0.4, -0.2) is 28.7 Å². The topological polar surface area (TPSA) is 65.2 Å². The van der Waals surface area contributed by atoms with Gasteiger partial charge in [-0.3, -0.25) is 9.59 Å². The number of carbonyl (C=O) groups excluding carboxylic acids is 2. The Balaban J connectivity index is 1.60. The van der Waals surface area contributed by atoms with E-state index >= 15 is 0 Å². The highest BCUT2D eigenvalue weighted by atomic mass is 35.5. The molecule has 132 valence electrons. The molecule has 2 heterocycles. The van der Waals surface area contributed by atoms with Crippen molar-refractivity contribution in [3.05, 3.63) is 65.3 Å². The molecule has 1 aromatic heterocycles. The quantitative estimate of drug-likeness (QED) is 0.735. The van der Waals surface area contributed by atoms with Crippen LogP contribution < -0.4 is 5.32 Å². The molecule has 3 aromatic rings. The molecule has 1 fully saturated rings. The van der Waals surface area contributed by atoms with E-state index in [0.29, 0.717) is 5.02 Å². The first kappa shape index (κ1) is 16.7. The standard InChI is InChI=1S/C20H18ClN3O2/c1-24-18(25)11-16(19(24)12-2-4-14(21)5-3-12)20(26)23-15-6-7-17-13(10-15)8-9-22-17/h2-10,16,19,22H,11H2,1H3,(H,23,26)/t16-,19+/m1/s1. The number of aromatic nitrogens is 1. The number of benzene rings is 2. The van der Waals surface area contributed by atoms with Gasteiger partial charge in [-0.05, 0) is 42.0 Å². The molecule has 0 saturated carbocycles. The number of likely N-dealkylation sites (tertiary alicyclic amines) is 1. The van der Waals surface area contributed by atoms with Gasteiger partial charge in [-0.1, -0.05) is 23.7 Å². The molecule has 1 aliphatic heterocycles. The Bertz CT molecular complexity index is 980. The lowest BCUT2D eigenvalue weighted by molar-refractivity contribution is -0.127. The number of anilines is 1. The largest absolute Gasteiger partial charge is 0.361 e. The van der Waals surface area contributed by atoms with Gasteiger partial charge in [0.25, 0.3) is 0 Å². The Kier molecular flexibility index (Phi) is 4.17. The Morgan fingerprint density at radius 3 is 2.73 bits per heavy atom. The third-order valence-electron chi connectivity index (χ3n) is 4.96. The first-order chi connectivity index (χ1) is 12.5. The number of H-pyrrole nitrogens is 1. The van der Waals surface area contributed by atoms with Crippen LogP contribution in [0, 0.1) is 5.92 Å². The van der Waals surface area contributed by atoms with Gasteiger partial charge in [-0.25, -0.2) is 0 Å². The minimum absolute atomic E-state index is 0.0359. The molecule has 4 rings (SSSR count). The predicted octanol–water partition coefficient (Wildman–Crippen LogP) is 3.98.